The van der Waals surface area contributed by atoms with Crippen LogP contribution in [0.2, 0.25) is 0 Å². The maximum atomic E-state index is 14.4. The van der Waals surface area contributed by atoms with Gasteiger partial charge in [0.25, 0.3) is 5.91 Å². The molecule has 2 aliphatic rings. The predicted octanol–water partition coefficient (Wildman–Crippen LogP) is 3.66. The lowest BCUT2D eigenvalue weighted by atomic mass is 9.74. The van der Waals surface area contributed by atoms with Gasteiger partial charge < -0.3 is 30.4 Å². The van der Waals surface area contributed by atoms with E-state index < -0.39 is 0 Å². The molecule has 184 valence electrons. The summed E-state index contributed by atoms with van der Waals surface area (Å²) < 4.78 is 25.5. The van der Waals surface area contributed by atoms with Gasteiger partial charge in [-0.15, -0.1) is 0 Å². The average molecular weight is 480 g/mol. The van der Waals surface area contributed by atoms with Gasteiger partial charge in [0.15, 0.2) is 0 Å². The van der Waals surface area contributed by atoms with Crippen LogP contribution in [0.1, 0.15) is 34.5 Å². The normalized spacial score (nSPS) is 19.3. The zero-order valence-corrected chi connectivity index (χ0v) is 20.0. The van der Waals surface area contributed by atoms with Gasteiger partial charge in [-0.25, -0.2) is 4.39 Å². The van der Waals surface area contributed by atoms with Gasteiger partial charge in [0.1, 0.15) is 18.2 Å². The lowest BCUT2D eigenvalue weighted by molar-refractivity contribution is 0.0916. The van der Waals surface area contributed by atoms with E-state index in [0.29, 0.717) is 53.7 Å². The molecule has 4 N–H and O–H groups in total. The first-order valence-electron chi connectivity index (χ1n) is 11.9. The van der Waals surface area contributed by atoms with E-state index in [1.54, 1.807) is 32.5 Å². The molecule has 5 rings (SSSR count). The molecule has 0 radical (unpaired) electrons. The Bertz CT molecular complexity index is 1240. The molecule has 1 amide bonds. The molecule has 1 saturated heterocycles. The molecule has 1 fully saturated rings. The van der Waals surface area contributed by atoms with Crippen LogP contribution < -0.4 is 20.7 Å². The summed E-state index contributed by atoms with van der Waals surface area (Å²) in [7, 11) is 1.62. The molecule has 4 heterocycles. The number of rotatable bonds is 7. The molecule has 3 aromatic rings. The topological polar surface area (TPSA) is 100 Å². The SMILES string of the molecule is COCCOc1cnccc1-c1[nH]c2c(c1Nc1cccc(F)c1C)C(=O)NCC21CCCNC1. The Morgan fingerprint density at radius 2 is 2.11 bits per heavy atom. The Hall–Kier alpha value is -3.43. The molecular weight excluding hydrogens is 449 g/mol. The zero-order valence-electron chi connectivity index (χ0n) is 20.0. The highest BCUT2D eigenvalue weighted by atomic mass is 19.1. The van der Waals surface area contributed by atoms with E-state index in [4.69, 9.17) is 9.47 Å². The van der Waals surface area contributed by atoms with E-state index in [1.165, 1.54) is 6.07 Å². The number of H-pyrrole nitrogens is 1. The van der Waals surface area contributed by atoms with E-state index in [2.05, 4.69) is 25.9 Å². The molecule has 8 nitrogen and oxygen atoms in total. The average Bonchev–Trinajstić information content (AvgIpc) is 3.26. The molecule has 1 spiro atoms. The second kappa shape index (κ2) is 9.67. The molecule has 0 aliphatic carbocycles. The van der Waals surface area contributed by atoms with Gasteiger partial charge in [0, 0.05) is 54.3 Å². The maximum Gasteiger partial charge on any atom is 0.255 e. The van der Waals surface area contributed by atoms with Crippen LogP contribution in [0.5, 0.6) is 5.75 Å². The fourth-order valence-corrected chi connectivity index (χ4v) is 5.02. The molecule has 0 bridgehead atoms. The van der Waals surface area contributed by atoms with Crippen molar-refractivity contribution < 1.29 is 18.7 Å². The minimum atomic E-state index is -0.314. The molecular formula is C26H30FN5O3. The number of aromatic amines is 1. The number of nitrogens with one attached hydrogen (secondary N) is 4. The van der Waals surface area contributed by atoms with Crippen molar-refractivity contribution in [1.82, 2.24) is 20.6 Å². The lowest BCUT2D eigenvalue weighted by Gasteiger charge is -2.40. The van der Waals surface area contributed by atoms with Crippen molar-refractivity contribution in [3.8, 4) is 17.0 Å². The smallest absolute Gasteiger partial charge is 0.255 e. The van der Waals surface area contributed by atoms with Crippen molar-refractivity contribution in [1.29, 1.82) is 0 Å². The Kier molecular flexibility index (Phi) is 6.44. The van der Waals surface area contributed by atoms with Crippen LogP contribution in [0.3, 0.4) is 0 Å². The second-order valence-electron chi connectivity index (χ2n) is 9.12. The molecule has 1 atom stereocenters. The van der Waals surface area contributed by atoms with Crippen LogP contribution in [-0.2, 0) is 10.2 Å². The van der Waals surface area contributed by atoms with Crippen LogP contribution >= 0.6 is 0 Å². The lowest BCUT2D eigenvalue weighted by Crippen LogP contribution is -2.54. The van der Waals surface area contributed by atoms with Crippen LogP contribution in [0.25, 0.3) is 11.3 Å². The number of pyridine rings is 1. The van der Waals surface area contributed by atoms with E-state index in [-0.39, 0.29) is 17.1 Å². The van der Waals surface area contributed by atoms with E-state index in [0.717, 1.165) is 37.2 Å². The first kappa shape index (κ1) is 23.3. The van der Waals surface area contributed by atoms with Crippen LogP contribution in [0.15, 0.2) is 36.7 Å². The maximum absolute atomic E-state index is 14.4. The van der Waals surface area contributed by atoms with Gasteiger partial charge in [-0.3, -0.25) is 9.78 Å². The first-order valence-corrected chi connectivity index (χ1v) is 11.9. The summed E-state index contributed by atoms with van der Waals surface area (Å²) in [5, 5.41) is 9.97. The quantitative estimate of drug-likeness (QED) is 0.386. The summed E-state index contributed by atoms with van der Waals surface area (Å²) in [6.45, 7) is 4.77. The number of carbonyl (C=O) groups is 1. The van der Waals surface area contributed by atoms with Crippen LogP contribution in [0.4, 0.5) is 15.8 Å². The number of piperidine rings is 1. The fraction of sp³-hybridized carbons (Fsp3) is 0.385. The van der Waals surface area contributed by atoms with Crippen molar-refractivity contribution >= 4 is 17.3 Å². The number of methoxy groups -OCH3 is 1. The standard InChI is InChI=1S/C26H30FN5O3/c1-16-18(27)5-3-6-19(16)31-23-21-24(26(15-30-25(21)33)8-4-9-29-14-26)32-22(23)17-7-10-28-13-20(17)35-12-11-34-2/h3,5-7,10,13,29,31-32H,4,8-9,11-12,14-15H2,1-2H3,(H,30,33). The molecule has 1 aromatic carbocycles. The summed E-state index contributed by atoms with van der Waals surface area (Å²) in [6.07, 6.45) is 5.29. The number of benzene rings is 1. The number of aromatic nitrogens is 2. The van der Waals surface area contributed by atoms with Gasteiger partial charge >= 0.3 is 0 Å². The number of hydrogen-bond donors (Lipinski definition) is 4. The van der Waals surface area contributed by atoms with E-state index >= 15 is 0 Å². The highest BCUT2D eigenvalue weighted by Gasteiger charge is 2.44. The molecule has 0 saturated carbocycles. The van der Waals surface area contributed by atoms with Gasteiger partial charge in [0.05, 0.1) is 29.7 Å². The predicted molar refractivity (Wildman–Crippen MR) is 132 cm³/mol. The first-order chi connectivity index (χ1) is 17.0. The number of fused-ring (bicyclic) bond motifs is 2. The van der Waals surface area contributed by atoms with Gasteiger partial charge in [-0.05, 0) is 44.5 Å². The van der Waals surface area contributed by atoms with Crippen molar-refractivity contribution in [3.63, 3.8) is 0 Å². The molecule has 9 heteroatoms. The van der Waals surface area contributed by atoms with Crippen molar-refractivity contribution in [2.24, 2.45) is 0 Å². The Labute approximate surface area is 203 Å². The van der Waals surface area contributed by atoms with Crippen LogP contribution in [-0.4, -0.2) is 55.8 Å². The summed E-state index contributed by atoms with van der Waals surface area (Å²) in [4.78, 5) is 21.1. The largest absolute Gasteiger partial charge is 0.489 e. The third-order valence-corrected chi connectivity index (χ3v) is 6.94. The van der Waals surface area contributed by atoms with Crippen molar-refractivity contribution in [2.45, 2.75) is 25.2 Å². The Morgan fingerprint density at radius 3 is 2.91 bits per heavy atom. The number of nitrogens with zero attached hydrogens (tertiary/aromatic N) is 1. The Balaban J connectivity index is 1.69. The van der Waals surface area contributed by atoms with Crippen molar-refractivity contribution in [3.05, 3.63) is 59.3 Å². The van der Waals surface area contributed by atoms with E-state index in [1.807, 2.05) is 12.1 Å². The minimum Gasteiger partial charge on any atom is -0.489 e. The molecule has 2 aromatic heterocycles. The third-order valence-electron chi connectivity index (χ3n) is 6.94. The number of carbonyl (C=O) groups excluding carboxylic acids is 1. The highest BCUT2D eigenvalue weighted by Crippen LogP contribution is 2.45. The number of halogens is 1. The number of ether oxygens (including phenoxy) is 2. The van der Waals surface area contributed by atoms with Crippen LogP contribution in [0, 0.1) is 12.7 Å². The summed E-state index contributed by atoms with van der Waals surface area (Å²) in [5.74, 6) is 0.0930. The number of anilines is 2. The third kappa shape index (κ3) is 4.26. The number of amides is 1. The Morgan fingerprint density at radius 1 is 1.23 bits per heavy atom. The van der Waals surface area contributed by atoms with Gasteiger partial charge in [-0.2, -0.15) is 0 Å². The van der Waals surface area contributed by atoms with E-state index in [9.17, 15) is 9.18 Å². The minimum absolute atomic E-state index is 0.161. The van der Waals surface area contributed by atoms with Crippen molar-refractivity contribution in [2.75, 3.05) is 45.3 Å². The van der Waals surface area contributed by atoms with Gasteiger partial charge in [0.2, 0.25) is 0 Å². The highest BCUT2D eigenvalue weighted by molar-refractivity contribution is 6.07. The monoisotopic (exact) mass is 479 g/mol. The summed E-state index contributed by atoms with van der Waals surface area (Å²) >= 11 is 0. The molecule has 2 aliphatic heterocycles. The number of hydrogen-bond acceptors (Lipinski definition) is 6. The second-order valence-corrected chi connectivity index (χ2v) is 9.12. The summed E-state index contributed by atoms with van der Waals surface area (Å²) in [6, 6.07) is 6.74. The summed E-state index contributed by atoms with van der Waals surface area (Å²) in [5.41, 5.74) is 4.32. The van der Waals surface area contributed by atoms with Gasteiger partial charge in [-0.1, -0.05) is 6.07 Å². The molecule has 1 unspecified atom stereocenters. The zero-order chi connectivity index (χ0) is 24.4. The molecule has 35 heavy (non-hydrogen) atoms. The fourth-order valence-electron chi connectivity index (χ4n) is 5.02.